The number of nitrogens with one attached hydrogen (secondary N) is 1. The lowest BCUT2D eigenvalue weighted by molar-refractivity contribution is -0.141. The molecule has 0 bridgehead atoms. The monoisotopic (exact) mass is 247 g/mol. The summed E-state index contributed by atoms with van der Waals surface area (Å²) in [7, 11) is 0. The molecule has 2 heterocycles. The van der Waals surface area contributed by atoms with Crippen LogP contribution in [0.15, 0.2) is 24.4 Å². The van der Waals surface area contributed by atoms with Gasteiger partial charge in [0, 0.05) is 11.2 Å². The number of halogens is 4. The molecular weight excluding hydrogens is 243 g/mol. The first kappa shape index (κ1) is 10.9. The van der Waals surface area contributed by atoms with Crippen LogP contribution >= 0.6 is 11.6 Å². The van der Waals surface area contributed by atoms with E-state index in [0.717, 1.165) is 6.07 Å². The van der Waals surface area contributed by atoms with Gasteiger partial charge in [0.1, 0.15) is 11.4 Å². The molecule has 2 rings (SSSR count). The van der Waals surface area contributed by atoms with E-state index >= 15 is 0 Å². The molecule has 0 aliphatic rings. The maximum Gasteiger partial charge on any atom is 0.432 e. The molecule has 2 aromatic rings. The average molecular weight is 248 g/mol. The summed E-state index contributed by atoms with van der Waals surface area (Å²) in [6.07, 6.45) is -3.04. The fraction of sp³-hybridized carbons (Fsp3) is 0.111. The molecule has 0 amide bonds. The van der Waals surface area contributed by atoms with E-state index in [0.29, 0.717) is 10.7 Å². The molecule has 1 N–H and O–H groups in total. The molecule has 0 atom stereocenters. The minimum atomic E-state index is -4.44. The molecule has 0 aliphatic carbocycles. The van der Waals surface area contributed by atoms with Gasteiger partial charge in [-0.2, -0.15) is 18.3 Å². The number of aromatic nitrogens is 3. The van der Waals surface area contributed by atoms with Gasteiger partial charge in [0.15, 0.2) is 0 Å². The standard InChI is InChI=1S/C9H5ClF3N3/c10-5-1-2-14-6(3-5)7-4-8(16-15-7)9(11,12)13/h1-4H,(H,15,16). The lowest BCUT2D eigenvalue weighted by atomic mass is 10.2. The van der Waals surface area contributed by atoms with Crippen molar-refractivity contribution in [2.24, 2.45) is 0 Å². The van der Waals surface area contributed by atoms with E-state index in [2.05, 4.69) is 10.1 Å². The Labute approximate surface area is 93.3 Å². The van der Waals surface area contributed by atoms with Crippen LogP contribution in [0, 0.1) is 0 Å². The summed E-state index contributed by atoms with van der Waals surface area (Å²) in [5.74, 6) is 0. The molecule has 0 saturated carbocycles. The van der Waals surface area contributed by atoms with Gasteiger partial charge in [-0.05, 0) is 18.2 Å². The quantitative estimate of drug-likeness (QED) is 0.841. The SMILES string of the molecule is FC(F)(F)c1cc(-c2cc(Cl)ccn2)n[nH]1. The Bertz CT molecular complexity index is 507. The van der Waals surface area contributed by atoms with Crippen LogP contribution < -0.4 is 0 Å². The van der Waals surface area contributed by atoms with E-state index in [9.17, 15) is 13.2 Å². The molecule has 0 radical (unpaired) electrons. The largest absolute Gasteiger partial charge is 0.432 e. The lowest BCUT2D eigenvalue weighted by Crippen LogP contribution is -2.04. The van der Waals surface area contributed by atoms with E-state index in [1.807, 2.05) is 5.10 Å². The van der Waals surface area contributed by atoms with Crippen LogP contribution in [0.25, 0.3) is 11.4 Å². The highest BCUT2D eigenvalue weighted by Gasteiger charge is 2.33. The number of hydrogen-bond donors (Lipinski definition) is 1. The van der Waals surface area contributed by atoms with Crippen molar-refractivity contribution in [1.29, 1.82) is 0 Å². The highest BCUT2D eigenvalue weighted by Crippen LogP contribution is 2.30. The van der Waals surface area contributed by atoms with Crippen LogP contribution in [0.5, 0.6) is 0 Å². The van der Waals surface area contributed by atoms with Crippen LogP contribution in [-0.4, -0.2) is 15.2 Å². The predicted octanol–water partition coefficient (Wildman–Crippen LogP) is 3.14. The molecule has 0 saturated heterocycles. The fourth-order valence-corrected chi connectivity index (χ4v) is 1.30. The van der Waals surface area contributed by atoms with Gasteiger partial charge in [0.25, 0.3) is 0 Å². The van der Waals surface area contributed by atoms with Crippen molar-refractivity contribution in [3.8, 4) is 11.4 Å². The van der Waals surface area contributed by atoms with Gasteiger partial charge in [-0.3, -0.25) is 10.1 Å². The molecule has 0 spiro atoms. The summed E-state index contributed by atoms with van der Waals surface area (Å²) < 4.78 is 36.8. The third-order valence-corrected chi connectivity index (χ3v) is 2.10. The molecule has 0 fully saturated rings. The second kappa shape index (κ2) is 3.79. The van der Waals surface area contributed by atoms with E-state index in [1.165, 1.54) is 18.3 Å². The molecule has 2 aromatic heterocycles. The summed E-state index contributed by atoms with van der Waals surface area (Å²) in [5.41, 5.74) is -0.515. The molecular formula is C9H5ClF3N3. The van der Waals surface area contributed by atoms with Crippen molar-refractivity contribution >= 4 is 11.6 Å². The second-order valence-corrected chi connectivity index (χ2v) is 3.46. The molecule has 0 unspecified atom stereocenters. The Hall–Kier alpha value is -1.56. The third kappa shape index (κ3) is 2.16. The Kier molecular flexibility index (Phi) is 2.59. The molecule has 84 valence electrons. The van der Waals surface area contributed by atoms with Gasteiger partial charge in [-0.15, -0.1) is 0 Å². The van der Waals surface area contributed by atoms with Crippen molar-refractivity contribution in [1.82, 2.24) is 15.2 Å². The summed E-state index contributed by atoms with van der Waals surface area (Å²) in [5, 5.41) is 5.82. The average Bonchev–Trinajstić information content (AvgIpc) is 2.65. The van der Waals surface area contributed by atoms with Gasteiger partial charge in [-0.25, -0.2) is 0 Å². The number of H-pyrrole nitrogens is 1. The minimum absolute atomic E-state index is 0.106. The zero-order chi connectivity index (χ0) is 11.8. The first-order valence-corrected chi connectivity index (χ1v) is 4.59. The topological polar surface area (TPSA) is 41.6 Å². The summed E-state index contributed by atoms with van der Waals surface area (Å²) in [6.45, 7) is 0. The molecule has 0 aromatic carbocycles. The highest BCUT2D eigenvalue weighted by atomic mass is 35.5. The number of alkyl halides is 3. The Morgan fingerprint density at radius 2 is 1.94 bits per heavy atom. The molecule has 3 nitrogen and oxygen atoms in total. The smallest absolute Gasteiger partial charge is 0.273 e. The Morgan fingerprint density at radius 1 is 1.19 bits per heavy atom. The highest BCUT2D eigenvalue weighted by molar-refractivity contribution is 6.30. The number of pyridine rings is 1. The zero-order valence-corrected chi connectivity index (χ0v) is 8.47. The number of rotatable bonds is 1. The fourth-order valence-electron chi connectivity index (χ4n) is 1.14. The summed E-state index contributed by atoms with van der Waals surface area (Å²) in [4.78, 5) is 3.87. The van der Waals surface area contributed by atoms with Gasteiger partial charge >= 0.3 is 6.18 Å². The lowest BCUT2D eigenvalue weighted by Gasteiger charge is -1.99. The third-order valence-electron chi connectivity index (χ3n) is 1.87. The number of hydrogen-bond acceptors (Lipinski definition) is 2. The van der Waals surface area contributed by atoms with Crippen LogP contribution in [0.2, 0.25) is 5.02 Å². The van der Waals surface area contributed by atoms with Crippen LogP contribution in [0.1, 0.15) is 5.69 Å². The Morgan fingerprint density at radius 3 is 2.50 bits per heavy atom. The van der Waals surface area contributed by atoms with Crippen molar-refractivity contribution in [3.63, 3.8) is 0 Å². The van der Waals surface area contributed by atoms with E-state index in [4.69, 9.17) is 11.6 Å². The number of nitrogens with zero attached hydrogens (tertiary/aromatic N) is 2. The predicted molar refractivity (Wildman–Crippen MR) is 51.8 cm³/mol. The van der Waals surface area contributed by atoms with Crippen LogP contribution in [0.3, 0.4) is 0 Å². The van der Waals surface area contributed by atoms with Crippen LogP contribution in [-0.2, 0) is 6.18 Å². The van der Waals surface area contributed by atoms with Gasteiger partial charge in [0.2, 0.25) is 0 Å². The molecule has 7 heteroatoms. The molecule has 16 heavy (non-hydrogen) atoms. The minimum Gasteiger partial charge on any atom is -0.273 e. The first-order chi connectivity index (χ1) is 7.47. The first-order valence-electron chi connectivity index (χ1n) is 4.21. The zero-order valence-electron chi connectivity index (χ0n) is 7.72. The van der Waals surface area contributed by atoms with Crippen LogP contribution in [0.4, 0.5) is 13.2 Å². The van der Waals surface area contributed by atoms with E-state index in [-0.39, 0.29) is 5.69 Å². The van der Waals surface area contributed by atoms with E-state index in [1.54, 1.807) is 0 Å². The van der Waals surface area contributed by atoms with Gasteiger partial charge in [0.05, 0.1) is 5.69 Å². The summed E-state index contributed by atoms with van der Waals surface area (Å²) in [6, 6.07) is 3.86. The van der Waals surface area contributed by atoms with Gasteiger partial charge < -0.3 is 0 Å². The van der Waals surface area contributed by atoms with Crippen molar-refractivity contribution in [3.05, 3.63) is 35.1 Å². The summed E-state index contributed by atoms with van der Waals surface area (Å²) >= 11 is 5.69. The van der Waals surface area contributed by atoms with Gasteiger partial charge in [-0.1, -0.05) is 11.6 Å². The maximum absolute atomic E-state index is 12.3. The normalized spacial score (nSPS) is 11.8. The van der Waals surface area contributed by atoms with Crippen molar-refractivity contribution in [2.75, 3.05) is 0 Å². The van der Waals surface area contributed by atoms with Crippen molar-refractivity contribution < 1.29 is 13.2 Å². The van der Waals surface area contributed by atoms with E-state index < -0.39 is 11.9 Å². The molecule has 0 aliphatic heterocycles. The van der Waals surface area contributed by atoms with Crippen molar-refractivity contribution in [2.45, 2.75) is 6.18 Å². The number of aromatic amines is 1. The second-order valence-electron chi connectivity index (χ2n) is 3.02. The Balaban J connectivity index is 2.39. The maximum atomic E-state index is 12.3.